The van der Waals surface area contributed by atoms with Crippen molar-refractivity contribution < 1.29 is 29.0 Å². The number of carbonyl (C=O) groups excluding carboxylic acids is 4. The molecule has 3 amide bonds. The van der Waals surface area contributed by atoms with E-state index in [-0.39, 0.29) is 30.7 Å². The monoisotopic (exact) mass is 376 g/mol. The normalized spacial score (nSPS) is 14.8. The number of methoxy groups -OCH3 is 1. The van der Waals surface area contributed by atoms with Gasteiger partial charge in [-0.1, -0.05) is 12.1 Å². The number of benzene rings is 1. The van der Waals surface area contributed by atoms with E-state index in [1.165, 1.54) is 18.9 Å². The minimum Gasteiger partial charge on any atom is -0.469 e. The van der Waals surface area contributed by atoms with E-state index < -0.39 is 35.3 Å². The van der Waals surface area contributed by atoms with Crippen LogP contribution in [-0.4, -0.2) is 70.4 Å². The summed E-state index contributed by atoms with van der Waals surface area (Å²) >= 11 is 0. The average molecular weight is 376 g/mol. The third-order valence-corrected chi connectivity index (χ3v) is 4.72. The van der Waals surface area contributed by atoms with Gasteiger partial charge in [0.15, 0.2) is 0 Å². The van der Waals surface area contributed by atoms with Crippen LogP contribution in [0.5, 0.6) is 0 Å². The number of aliphatic hydroxyl groups excluding tert-OH is 1. The quantitative estimate of drug-likeness (QED) is 0.558. The van der Waals surface area contributed by atoms with Crippen molar-refractivity contribution in [2.75, 3.05) is 20.3 Å². The van der Waals surface area contributed by atoms with Gasteiger partial charge in [-0.2, -0.15) is 0 Å². The molecule has 1 atom stereocenters. The highest BCUT2D eigenvalue weighted by atomic mass is 16.5. The van der Waals surface area contributed by atoms with E-state index in [0.29, 0.717) is 0 Å². The molecule has 2 rings (SSSR count). The molecule has 1 aliphatic heterocycles. The molecule has 146 valence electrons. The number of fused-ring (bicyclic) bond motifs is 1. The number of carbonyl (C=O) groups is 4. The minimum absolute atomic E-state index is 0.00737. The zero-order chi connectivity index (χ0) is 20.4. The second kappa shape index (κ2) is 7.87. The molecule has 1 aliphatic rings. The summed E-state index contributed by atoms with van der Waals surface area (Å²) in [6.07, 6.45) is -0.0689. The first-order valence-electron chi connectivity index (χ1n) is 8.61. The number of rotatable bonds is 7. The molecule has 0 bridgehead atoms. The molecule has 8 heteroatoms. The molecule has 0 fully saturated rings. The Bertz CT molecular complexity index is 738. The van der Waals surface area contributed by atoms with E-state index >= 15 is 0 Å². The Morgan fingerprint density at radius 2 is 1.70 bits per heavy atom. The van der Waals surface area contributed by atoms with Gasteiger partial charge in [-0.05, 0) is 32.9 Å². The van der Waals surface area contributed by atoms with Gasteiger partial charge >= 0.3 is 5.97 Å². The molecule has 1 aromatic carbocycles. The van der Waals surface area contributed by atoms with Crippen LogP contribution >= 0.6 is 0 Å². The number of esters is 1. The summed E-state index contributed by atoms with van der Waals surface area (Å²) in [5.74, 6) is -2.11. The summed E-state index contributed by atoms with van der Waals surface area (Å²) in [5, 5.41) is 9.67. The van der Waals surface area contributed by atoms with E-state index in [0.717, 1.165) is 4.90 Å². The second-order valence-electron chi connectivity index (χ2n) is 6.99. The van der Waals surface area contributed by atoms with Crippen LogP contribution in [0, 0.1) is 0 Å². The smallest absolute Gasteiger partial charge is 0.307 e. The Kier molecular flexibility index (Phi) is 6.00. The highest BCUT2D eigenvalue weighted by molar-refractivity contribution is 6.22. The first-order valence-corrected chi connectivity index (χ1v) is 8.61. The fraction of sp³-hybridized carbons (Fsp3) is 0.474. The second-order valence-corrected chi connectivity index (χ2v) is 6.99. The van der Waals surface area contributed by atoms with Crippen molar-refractivity contribution in [2.45, 2.75) is 38.8 Å². The molecule has 0 saturated carbocycles. The van der Waals surface area contributed by atoms with E-state index in [9.17, 15) is 24.3 Å². The van der Waals surface area contributed by atoms with Gasteiger partial charge in [0.05, 0.1) is 36.8 Å². The van der Waals surface area contributed by atoms with Crippen molar-refractivity contribution >= 4 is 23.7 Å². The van der Waals surface area contributed by atoms with Crippen molar-refractivity contribution in [1.82, 2.24) is 9.80 Å². The fourth-order valence-corrected chi connectivity index (χ4v) is 3.00. The summed E-state index contributed by atoms with van der Waals surface area (Å²) in [7, 11) is 1.24. The standard InChI is InChI=1S/C19H24N2O6/c1-12(21-17(25)13-7-5-6-8-14(13)18(21)26)16(24)20(19(2,3)11-22)10-9-15(23)27-4/h5-8,12,22H,9-11H2,1-4H3. The van der Waals surface area contributed by atoms with Crippen LogP contribution in [0.15, 0.2) is 24.3 Å². The van der Waals surface area contributed by atoms with Crippen molar-refractivity contribution in [3.05, 3.63) is 35.4 Å². The third-order valence-electron chi connectivity index (χ3n) is 4.72. The lowest BCUT2D eigenvalue weighted by molar-refractivity contribution is -0.146. The Labute approximate surface area is 157 Å². The Balaban J connectivity index is 2.28. The first-order chi connectivity index (χ1) is 12.7. The molecule has 0 radical (unpaired) electrons. The van der Waals surface area contributed by atoms with Crippen molar-refractivity contribution in [3.8, 4) is 0 Å². The van der Waals surface area contributed by atoms with Crippen molar-refractivity contribution in [2.24, 2.45) is 0 Å². The zero-order valence-electron chi connectivity index (χ0n) is 15.9. The lowest BCUT2D eigenvalue weighted by atomic mass is 10.0. The van der Waals surface area contributed by atoms with Gasteiger partial charge in [-0.25, -0.2) is 0 Å². The highest BCUT2D eigenvalue weighted by Gasteiger charge is 2.43. The third kappa shape index (κ3) is 3.85. The number of nitrogens with zero attached hydrogens (tertiary/aromatic N) is 2. The molecule has 8 nitrogen and oxygen atoms in total. The first kappa shape index (κ1) is 20.6. The summed E-state index contributed by atoms with van der Waals surface area (Å²) in [4.78, 5) is 52.0. The summed E-state index contributed by atoms with van der Waals surface area (Å²) in [6, 6.07) is 5.30. The minimum atomic E-state index is -1.08. The van der Waals surface area contributed by atoms with Gasteiger partial charge in [0, 0.05) is 6.54 Å². The molecule has 0 saturated heterocycles. The Morgan fingerprint density at radius 1 is 1.19 bits per heavy atom. The van der Waals surface area contributed by atoms with Gasteiger partial charge in [-0.15, -0.1) is 0 Å². The average Bonchev–Trinajstić information content (AvgIpc) is 2.91. The molecule has 1 N–H and O–H groups in total. The number of imide groups is 1. The van der Waals surface area contributed by atoms with E-state index in [2.05, 4.69) is 4.74 Å². The van der Waals surface area contributed by atoms with Crippen LogP contribution in [-0.2, 0) is 14.3 Å². The summed E-state index contributed by atoms with van der Waals surface area (Å²) in [5.41, 5.74) is -0.479. The van der Waals surface area contributed by atoms with Crippen LogP contribution in [0.25, 0.3) is 0 Å². The highest BCUT2D eigenvalue weighted by Crippen LogP contribution is 2.26. The van der Waals surface area contributed by atoms with Gasteiger partial charge in [0.1, 0.15) is 6.04 Å². The van der Waals surface area contributed by atoms with Crippen LogP contribution in [0.1, 0.15) is 47.9 Å². The number of amides is 3. The molecule has 1 unspecified atom stereocenters. The Morgan fingerprint density at radius 3 is 2.15 bits per heavy atom. The molecular weight excluding hydrogens is 352 g/mol. The maximum atomic E-state index is 13.1. The Hall–Kier alpha value is -2.74. The zero-order valence-corrected chi connectivity index (χ0v) is 15.9. The lowest BCUT2D eigenvalue weighted by Crippen LogP contribution is -2.57. The summed E-state index contributed by atoms with van der Waals surface area (Å²) in [6.45, 7) is 4.37. The predicted molar refractivity (Wildman–Crippen MR) is 95.9 cm³/mol. The number of hydrogen-bond donors (Lipinski definition) is 1. The van der Waals surface area contributed by atoms with Crippen LogP contribution in [0.3, 0.4) is 0 Å². The van der Waals surface area contributed by atoms with E-state index in [1.807, 2.05) is 0 Å². The molecule has 0 aromatic heterocycles. The van der Waals surface area contributed by atoms with Gasteiger partial charge in [-0.3, -0.25) is 24.1 Å². The van der Waals surface area contributed by atoms with E-state index in [4.69, 9.17) is 0 Å². The fourth-order valence-electron chi connectivity index (χ4n) is 3.00. The van der Waals surface area contributed by atoms with Gasteiger partial charge < -0.3 is 14.7 Å². The lowest BCUT2D eigenvalue weighted by Gasteiger charge is -2.39. The molecular formula is C19H24N2O6. The van der Waals surface area contributed by atoms with Crippen LogP contribution < -0.4 is 0 Å². The maximum Gasteiger partial charge on any atom is 0.307 e. The molecule has 0 aliphatic carbocycles. The largest absolute Gasteiger partial charge is 0.469 e. The molecule has 1 heterocycles. The van der Waals surface area contributed by atoms with Crippen molar-refractivity contribution in [3.63, 3.8) is 0 Å². The van der Waals surface area contributed by atoms with Crippen molar-refractivity contribution in [1.29, 1.82) is 0 Å². The molecule has 0 spiro atoms. The topological polar surface area (TPSA) is 104 Å². The molecule has 1 aromatic rings. The van der Waals surface area contributed by atoms with Crippen LogP contribution in [0.2, 0.25) is 0 Å². The van der Waals surface area contributed by atoms with E-state index in [1.54, 1.807) is 38.1 Å². The predicted octanol–water partition coefficient (Wildman–Crippen LogP) is 0.834. The SMILES string of the molecule is COC(=O)CCN(C(=O)C(C)N1C(=O)c2ccccc2C1=O)C(C)(C)CO. The van der Waals surface area contributed by atoms with Gasteiger partial charge in [0.2, 0.25) is 5.91 Å². The maximum absolute atomic E-state index is 13.1. The number of aliphatic hydroxyl groups is 1. The number of hydrogen-bond acceptors (Lipinski definition) is 6. The summed E-state index contributed by atoms with van der Waals surface area (Å²) < 4.78 is 4.61. The number of ether oxygens (including phenoxy) is 1. The molecule has 27 heavy (non-hydrogen) atoms. The van der Waals surface area contributed by atoms with Crippen LogP contribution in [0.4, 0.5) is 0 Å². The van der Waals surface area contributed by atoms with Gasteiger partial charge in [0.25, 0.3) is 11.8 Å².